The minimum Gasteiger partial charge on any atom is -0.493 e. The highest BCUT2D eigenvalue weighted by atomic mass is 32.1. The van der Waals surface area contributed by atoms with Gasteiger partial charge in [-0.15, -0.1) is 11.3 Å². The number of amides is 1. The van der Waals surface area contributed by atoms with Crippen molar-refractivity contribution in [2.24, 2.45) is 0 Å². The van der Waals surface area contributed by atoms with Gasteiger partial charge in [-0.3, -0.25) is 4.79 Å². The summed E-state index contributed by atoms with van der Waals surface area (Å²) in [4.78, 5) is 19.3. The zero-order valence-electron chi connectivity index (χ0n) is 14.8. The molecule has 0 spiro atoms. The van der Waals surface area contributed by atoms with Gasteiger partial charge in [-0.25, -0.2) is 4.98 Å². The molecule has 1 fully saturated rings. The molecule has 3 rings (SSSR count). The average molecular weight is 360 g/mol. The van der Waals surface area contributed by atoms with Crippen LogP contribution in [0.1, 0.15) is 42.6 Å². The summed E-state index contributed by atoms with van der Waals surface area (Å²) in [5.74, 6) is 1.39. The fourth-order valence-corrected chi connectivity index (χ4v) is 3.88. The van der Waals surface area contributed by atoms with Gasteiger partial charge in [0.05, 0.1) is 14.2 Å². The highest BCUT2D eigenvalue weighted by Gasteiger charge is 2.20. The summed E-state index contributed by atoms with van der Waals surface area (Å²) >= 11 is 1.48. The minimum absolute atomic E-state index is 0.0462. The normalized spacial score (nSPS) is 15.4. The lowest BCUT2D eigenvalue weighted by molar-refractivity contribution is 0.0737. The molecule has 0 atom stereocenters. The number of carbonyl (C=O) groups is 1. The Labute approximate surface area is 152 Å². The lowest BCUT2D eigenvalue weighted by atomic mass is 10.1. The first kappa shape index (κ1) is 17.7. The van der Waals surface area contributed by atoms with Gasteiger partial charge in [-0.2, -0.15) is 0 Å². The van der Waals surface area contributed by atoms with E-state index in [1.807, 2.05) is 28.5 Å². The first-order valence-electron chi connectivity index (χ1n) is 8.70. The molecule has 134 valence electrons. The van der Waals surface area contributed by atoms with Crippen molar-refractivity contribution < 1.29 is 14.3 Å². The molecular formula is C19H24N2O3S. The number of rotatable bonds is 4. The third-order valence-electron chi connectivity index (χ3n) is 4.50. The Morgan fingerprint density at radius 1 is 1.04 bits per heavy atom. The van der Waals surface area contributed by atoms with Crippen molar-refractivity contribution in [2.75, 3.05) is 27.3 Å². The van der Waals surface area contributed by atoms with Crippen molar-refractivity contribution in [3.8, 4) is 22.1 Å². The van der Waals surface area contributed by atoms with Crippen LogP contribution in [0.5, 0.6) is 11.5 Å². The molecular weight excluding hydrogens is 336 g/mol. The largest absolute Gasteiger partial charge is 0.493 e. The molecule has 1 aromatic heterocycles. The molecule has 5 nitrogen and oxygen atoms in total. The van der Waals surface area contributed by atoms with Crippen molar-refractivity contribution >= 4 is 17.2 Å². The van der Waals surface area contributed by atoms with Crippen LogP contribution in [0.2, 0.25) is 0 Å². The third-order valence-corrected chi connectivity index (χ3v) is 5.39. The maximum absolute atomic E-state index is 12.8. The van der Waals surface area contributed by atoms with Crippen molar-refractivity contribution in [3.05, 3.63) is 29.3 Å². The fraction of sp³-hybridized carbons (Fsp3) is 0.474. The molecule has 2 heterocycles. The molecule has 0 bridgehead atoms. The first-order valence-corrected chi connectivity index (χ1v) is 9.58. The van der Waals surface area contributed by atoms with E-state index in [2.05, 4.69) is 4.98 Å². The van der Waals surface area contributed by atoms with Crippen LogP contribution < -0.4 is 9.47 Å². The third kappa shape index (κ3) is 4.12. The zero-order chi connectivity index (χ0) is 17.6. The van der Waals surface area contributed by atoms with Crippen LogP contribution in [0.3, 0.4) is 0 Å². The maximum Gasteiger partial charge on any atom is 0.273 e. The predicted molar refractivity (Wildman–Crippen MR) is 99.6 cm³/mol. The summed E-state index contributed by atoms with van der Waals surface area (Å²) in [6, 6.07) is 5.68. The quantitative estimate of drug-likeness (QED) is 0.818. The monoisotopic (exact) mass is 360 g/mol. The van der Waals surface area contributed by atoms with Crippen LogP contribution in [-0.4, -0.2) is 43.1 Å². The van der Waals surface area contributed by atoms with Gasteiger partial charge in [-0.1, -0.05) is 19.3 Å². The average Bonchev–Trinajstić information content (AvgIpc) is 3.10. The Morgan fingerprint density at radius 2 is 1.72 bits per heavy atom. The van der Waals surface area contributed by atoms with Gasteiger partial charge in [0, 0.05) is 24.0 Å². The Bertz CT molecular complexity index is 721. The van der Waals surface area contributed by atoms with E-state index < -0.39 is 0 Å². The molecule has 1 aliphatic rings. The second kappa shape index (κ2) is 8.34. The number of likely N-dealkylation sites (tertiary alicyclic amines) is 1. The fourth-order valence-electron chi connectivity index (χ4n) is 3.09. The summed E-state index contributed by atoms with van der Waals surface area (Å²) in [5, 5.41) is 2.67. The van der Waals surface area contributed by atoms with Gasteiger partial charge in [0.25, 0.3) is 5.91 Å². The van der Waals surface area contributed by atoms with E-state index in [4.69, 9.17) is 9.47 Å². The second-order valence-corrected chi connectivity index (χ2v) is 7.03. The highest BCUT2D eigenvalue weighted by Crippen LogP contribution is 2.33. The second-order valence-electron chi connectivity index (χ2n) is 6.17. The van der Waals surface area contributed by atoms with Gasteiger partial charge in [0.15, 0.2) is 11.5 Å². The molecule has 1 amide bonds. The Balaban J connectivity index is 1.78. The van der Waals surface area contributed by atoms with Crippen LogP contribution in [-0.2, 0) is 0 Å². The highest BCUT2D eigenvalue weighted by molar-refractivity contribution is 7.13. The molecule has 0 N–H and O–H groups in total. The molecule has 1 saturated heterocycles. The molecule has 0 saturated carbocycles. The minimum atomic E-state index is 0.0462. The number of methoxy groups -OCH3 is 2. The van der Waals surface area contributed by atoms with Crippen LogP contribution >= 0.6 is 11.3 Å². The summed E-state index contributed by atoms with van der Waals surface area (Å²) in [7, 11) is 3.22. The van der Waals surface area contributed by atoms with Crippen LogP contribution in [0, 0.1) is 0 Å². The number of thiazole rings is 1. The van der Waals surface area contributed by atoms with E-state index in [1.54, 1.807) is 14.2 Å². The standard InChI is InChI=1S/C19H24N2O3S/c1-23-16-9-8-14(12-17(16)24-2)18-20-15(13-25-18)19(22)21-10-6-4-3-5-7-11-21/h8-9,12-13H,3-7,10-11H2,1-2H3. The lowest BCUT2D eigenvalue weighted by Crippen LogP contribution is -2.34. The molecule has 6 heteroatoms. The number of carbonyl (C=O) groups excluding carboxylic acids is 1. The smallest absolute Gasteiger partial charge is 0.273 e. The van der Waals surface area contributed by atoms with Crippen LogP contribution in [0.25, 0.3) is 10.6 Å². The summed E-state index contributed by atoms with van der Waals surface area (Å²) in [6.07, 6.45) is 5.86. The van der Waals surface area contributed by atoms with Crippen molar-refractivity contribution in [1.29, 1.82) is 0 Å². The number of nitrogens with zero attached hydrogens (tertiary/aromatic N) is 2. The summed E-state index contributed by atoms with van der Waals surface area (Å²) in [6.45, 7) is 1.67. The molecule has 1 aliphatic heterocycles. The first-order chi connectivity index (χ1) is 12.2. The molecule has 0 aliphatic carbocycles. The van der Waals surface area contributed by atoms with Crippen LogP contribution in [0.4, 0.5) is 0 Å². The SMILES string of the molecule is COc1ccc(-c2nc(C(=O)N3CCCCCCC3)cs2)cc1OC. The lowest BCUT2D eigenvalue weighted by Gasteiger charge is -2.23. The molecule has 1 aromatic carbocycles. The zero-order valence-corrected chi connectivity index (χ0v) is 15.6. The van der Waals surface area contributed by atoms with E-state index in [0.29, 0.717) is 17.2 Å². The number of benzene rings is 1. The molecule has 0 radical (unpaired) electrons. The van der Waals surface area contributed by atoms with Gasteiger partial charge in [0.1, 0.15) is 10.7 Å². The van der Waals surface area contributed by atoms with E-state index in [0.717, 1.165) is 36.5 Å². The Kier molecular flexibility index (Phi) is 5.91. The maximum atomic E-state index is 12.8. The van der Waals surface area contributed by atoms with E-state index >= 15 is 0 Å². The summed E-state index contributed by atoms with van der Waals surface area (Å²) < 4.78 is 10.6. The van der Waals surface area contributed by atoms with Crippen LogP contribution in [0.15, 0.2) is 23.6 Å². The Morgan fingerprint density at radius 3 is 2.40 bits per heavy atom. The van der Waals surface area contributed by atoms with Gasteiger partial charge >= 0.3 is 0 Å². The molecule has 2 aromatic rings. The topological polar surface area (TPSA) is 51.7 Å². The van der Waals surface area contributed by atoms with Crippen molar-refractivity contribution in [1.82, 2.24) is 9.88 Å². The van der Waals surface area contributed by atoms with Gasteiger partial charge in [0.2, 0.25) is 0 Å². The summed E-state index contributed by atoms with van der Waals surface area (Å²) in [5.41, 5.74) is 1.46. The number of hydrogen-bond acceptors (Lipinski definition) is 5. The van der Waals surface area contributed by atoms with E-state index in [-0.39, 0.29) is 5.91 Å². The molecule has 25 heavy (non-hydrogen) atoms. The van der Waals surface area contributed by atoms with E-state index in [1.165, 1.54) is 30.6 Å². The predicted octanol–water partition coefficient (Wildman–Crippen LogP) is 4.23. The van der Waals surface area contributed by atoms with Crippen molar-refractivity contribution in [3.63, 3.8) is 0 Å². The van der Waals surface area contributed by atoms with Crippen molar-refractivity contribution in [2.45, 2.75) is 32.1 Å². The Hall–Kier alpha value is -2.08. The number of hydrogen-bond donors (Lipinski definition) is 0. The van der Waals surface area contributed by atoms with E-state index in [9.17, 15) is 4.79 Å². The number of aromatic nitrogens is 1. The molecule has 0 unspecified atom stereocenters. The van der Waals surface area contributed by atoms with Gasteiger partial charge in [-0.05, 0) is 31.0 Å². The van der Waals surface area contributed by atoms with Gasteiger partial charge < -0.3 is 14.4 Å². The number of ether oxygens (including phenoxy) is 2.